The standard InChI is InChI=1S/C15H24N2O2/c1-17(2)15(18)9-6-11-16-14-8-5-4-7-13(14)10-12-19-3/h4-5,7-8,16H,6,9-12H2,1-3H3. The number of carbonyl (C=O) groups is 1. The predicted octanol–water partition coefficient (Wildman–Crippen LogP) is 2.16. The molecule has 4 heteroatoms. The number of hydrogen-bond acceptors (Lipinski definition) is 3. The summed E-state index contributed by atoms with van der Waals surface area (Å²) in [6.07, 6.45) is 2.33. The third-order valence-electron chi connectivity index (χ3n) is 2.97. The third kappa shape index (κ3) is 5.75. The molecule has 19 heavy (non-hydrogen) atoms. The zero-order chi connectivity index (χ0) is 14.1. The molecule has 0 spiro atoms. The van der Waals surface area contributed by atoms with Crippen LogP contribution in [0.3, 0.4) is 0 Å². The summed E-state index contributed by atoms with van der Waals surface area (Å²) < 4.78 is 5.11. The smallest absolute Gasteiger partial charge is 0.222 e. The Hall–Kier alpha value is -1.55. The monoisotopic (exact) mass is 264 g/mol. The lowest BCUT2D eigenvalue weighted by Gasteiger charge is -2.13. The quantitative estimate of drug-likeness (QED) is 0.732. The van der Waals surface area contributed by atoms with E-state index in [1.165, 1.54) is 5.56 Å². The molecule has 0 unspecified atom stereocenters. The fourth-order valence-electron chi connectivity index (χ4n) is 1.81. The van der Waals surface area contributed by atoms with E-state index in [2.05, 4.69) is 17.4 Å². The highest BCUT2D eigenvalue weighted by atomic mass is 16.5. The van der Waals surface area contributed by atoms with E-state index in [1.54, 1.807) is 26.1 Å². The largest absolute Gasteiger partial charge is 0.385 e. The lowest BCUT2D eigenvalue weighted by Crippen LogP contribution is -2.22. The van der Waals surface area contributed by atoms with Crippen LogP contribution in [0.2, 0.25) is 0 Å². The average Bonchev–Trinajstić information content (AvgIpc) is 2.42. The van der Waals surface area contributed by atoms with E-state index in [0.717, 1.165) is 31.7 Å². The average molecular weight is 264 g/mol. The minimum Gasteiger partial charge on any atom is -0.385 e. The van der Waals surface area contributed by atoms with Gasteiger partial charge in [0.05, 0.1) is 6.61 Å². The molecule has 0 saturated heterocycles. The summed E-state index contributed by atoms with van der Waals surface area (Å²) >= 11 is 0. The van der Waals surface area contributed by atoms with Gasteiger partial charge in [-0.05, 0) is 24.5 Å². The van der Waals surface area contributed by atoms with Crippen LogP contribution in [-0.2, 0) is 16.0 Å². The van der Waals surface area contributed by atoms with Crippen LogP contribution < -0.4 is 5.32 Å². The van der Waals surface area contributed by atoms with Crippen LogP contribution in [0.15, 0.2) is 24.3 Å². The van der Waals surface area contributed by atoms with E-state index in [4.69, 9.17) is 4.74 Å². The van der Waals surface area contributed by atoms with E-state index < -0.39 is 0 Å². The number of nitrogens with zero attached hydrogens (tertiary/aromatic N) is 1. The van der Waals surface area contributed by atoms with Crippen molar-refractivity contribution in [2.45, 2.75) is 19.3 Å². The van der Waals surface area contributed by atoms with Crippen LogP contribution >= 0.6 is 0 Å². The Labute approximate surface area is 115 Å². The predicted molar refractivity (Wildman–Crippen MR) is 78.4 cm³/mol. The highest BCUT2D eigenvalue weighted by Gasteiger charge is 2.04. The SMILES string of the molecule is COCCc1ccccc1NCCCC(=O)N(C)C. The van der Waals surface area contributed by atoms with Crippen molar-refractivity contribution in [2.24, 2.45) is 0 Å². The Bertz CT molecular complexity index is 391. The number of methoxy groups -OCH3 is 1. The Kier molecular flexibility index (Phi) is 6.97. The van der Waals surface area contributed by atoms with Gasteiger partial charge in [-0.2, -0.15) is 0 Å². The van der Waals surface area contributed by atoms with Crippen molar-refractivity contribution in [1.82, 2.24) is 4.90 Å². The number of rotatable bonds is 8. The molecule has 106 valence electrons. The molecule has 0 aliphatic heterocycles. The molecule has 0 radical (unpaired) electrons. The van der Waals surface area contributed by atoms with Gasteiger partial charge in [-0.25, -0.2) is 0 Å². The molecular weight excluding hydrogens is 240 g/mol. The highest BCUT2D eigenvalue weighted by Crippen LogP contribution is 2.15. The van der Waals surface area contributed by atoms with Crippen molar-refractivity contribution in [3.8, 4) is 0 Å². The minimum atomic E-state index is 0.175. The number of hydrogen-bond donors (Lipinski definition) is 1. The van der Waals surface area contributed by atoms with Gasteiger partial charge in [-0.15, -0.1) is 0 Å². The summed E-state index contributed by atoms with van der Waals surface area (Å²) in [5.41, 5.74) is 2.39. The van der Waals surface area contributed by atoms with Crippen LogP contribution in [0.25, 0.3) is 0 Å². The molecule has 1 aromatic rings. The number of benzene rings is 1. The summed E-state index contributed by atoms with van der Waals surface area (Å²) in [5, 5.41) is 3.39. The van der Waals surface area contributed by atoms with Crippen molar-refractivity contribution in [2.75, 3.05) is 39.7 Å². The molecule has 0 aliphatic carbocycles. The number of ether oxygens (including phenoxy) is 1. The van der Waals surface area contributed by atoms with Gasteiger partial charge in [0.1, 0.15) is 0 Å². The van der Waals surface area contributed by atoms with Crippen molar-refractivity contribution >= 4 is 11.6 Å². The van der Waals surface area contributed by atoms with Gasteiger partial charge < -0.3 is 15.0 Å². The first kappa shape index (κ1) is 15.5. The van der Waals surface area contributed by atoms with Crippen LogP contribution in [0, 0.1) is 0 Å². The fourth-order valence-corrected chi connectivity index (χ4v) is 1.81. The maximum absolute atomic E-state index is 11.4. The number of para-hydroxylation sites is 1. The number of amides is 1. The van der Waals surface area contributed by atoms with Crippen molar-refractivity contribution in [3.63, 3.8) is 0 Å². The van der Waals surface area contributed by atoms with Gasteiger partial charge in [0.2, 0.25) is 5.91 Å². The van der Waals surface area contributed by atoms with E-state index in [0.29, 0.717) is 6.42 Å². The van der Waals surface area contributed by atoms with Crippen LogP contribution in [0.4, 0.5) is 5.69 Å². The number of nitrogens with one attached hydrogen (secondary N) is 1. The minimum absolute atomic E-state index is 0.175. The molecule has 1 amide bonds. The zero-order valence-corrected chi connectivity index (χ0v) is 12.1. The molecule has 1 N–H and O–H groups in total. The number of carbonyl (C=O) groups excluding carboxylic acids is 1. The summed E-state index contributed by atoms with van der Waals surface area (Å²) in [6, 6.07) is 8.22. The van der Waals surface area contributed by atoms with Crippen molar-refractivity contribution in [3.05, 3.63) is 29.8 Å². The molecule has 1 rings (SSSR count). The maximum atomic E-state index is 11.4. The highest BCUT2D eigenvalue weighted by molar-refractivity contribution is 5.75. The van der Waals surface area contributed by atoms with Gasteiger partial charge in [-0.3, -0.25) is 4.79 Å². The zero-order valence-electron chi connectivity index (χ0n) is 12.1. The molecule has 0 atom stereocenters. The summed E-state index contributed by atoms with van der Waals surface area (Å²) in [5.74, 6) is 0.175. The first-order chi connectivity index (χ1) is 9.15. The molecule has 0 aliphatic rings. The second kappa shape index (κ2) is 8.53. The summed E-state index contributed by atoms with van der Waals surface area (Å²) in [4.78, 5) is 13.1. The molecule has 4 nitrogen and oxygen atoms in total. The molecule has 0 heterocycles. The second-order valence-corrected chi connectivity index (χ2v) is 4.72. The molecule has 0 aromatic heterocycles. The Morgan fingerprint density at radius 1 is 1.32 bits per heavy atom. The molecule has 1 aromatic carbocycles. The Balaban J connectivity index is 2.38. The molecule has 0 fully saturated rings. The molecule has 0 bridgehead atoms. The van der Waals surface area contributed by atoms with Gasteiger partial charge in [0.15, 0.2) is 0 Å². The molecular formula is C15H24N2O2. The number of anilines is 1. The summed E-state index contributed by atoms with van der Waals surface area (Å²) in [7, 11) is 5.29. The lowest BCUT2D eigenvalue weighted by atomic mass is 10.1. The van der Waals surface area contributed by atoms with Crippen LogP contribution in [-0.4, -0.2) is 45.2 Å². The topological polar surface area (TPSA) is 41.6 Å². The van der Waals surface area contributed by atoms with E-state index >= 15 is 0 Å². The van der Waals surface area contributed by atoms with Crippen molar-refractivity contribution in [1.29, 1.82) is 0 Å². The van der Waals surface area contributed by atoms with Gasteiger partial charge in [0.25, 0.3) is 0 Å². The second-order valence-electron chi connectivity index (χ2n) is 4.72. The van der Waals surface area contributed by atoms with Crippen LogP contribution in [0.5, 0.6) is 0 Å². The van der Waals surface area contributed by atoms with E-state index in [9.17, 15) is 4.79 Å². The van der Waals surface area contributed by atoms with Crippen LogP contribution in [0.1, 0.15) is 18.4 Å². The van der Waals surface area contributed by atoms with Crippen molar-refractivity contribution < 1.29 is 9.53 Å². The van der Waals surface area contributed by atoms with E-state index in [-0.39, 0.29) is 5.91 Å². The Morgan fingerprint density at radius 2 is 2.05 bits per heavy atom. The Morgan fingerprint density at radius 3 is 2.74 bits per heavy atom. The van der Waals surface area contributed by atoms with E-state index in [1.807, 2.05) is 12.1 Å². The maximum Gasteiger partial charge on any atom is 0.222 e. The third-order valence-corrected chi connectivity index (χ3v) is 2.97. The lowest BCUT2D eigenvalue weighted by molar-refractivity contribution is -0.128. The normalized spacial score (nSPS) is 10.3. The first-order valence-corrected chi connectivity index (χ1v) is 6.66. The van der Waals surface area contributed by atoms with Gasteiger partial charge >= 0.3 is 0 Å². The first-order valence-electron chi connectivity index (χ1n) is 6.66. The fraction of sp³-hybridized carbons (Fsp3) is 0.533. The van der Waals surface area contributed by atoms with Gasteiger partial charge in [-0.1, -0.05) is 18.2 Å². The molecule has 0 saturated carbocycles. The summed E-state index contributed by atoms with van der Waals surface area (Å²) in [6.45, 7) is 1.53. The van der Waals surface area contributed by atoms with Gasteiger partial charge in [0, 0.05) is 39.9 Å².